The van der Waals surface area contributed by atoms with Crippen molar-refractivity contribution in [1.29, 1.82) is 0 Å². The molecule has 0 spiro atoms. The summed E-state index contributed by atoms with van der Waals surface area (Å²) in [5.41, 5.74) is 3.64. The average molecular weight is 312 g/mol. The van der Waals surface area contributed by atoms with E-state index in [1.54, 1.807) is 12.4 Å². The molecule has 5 heteroatoms. The number of aliphatic hydroxyl groups is 1. The molecule has 1 atom stereocenters. The quantitative estimate of drug-likeness (QED) is 0.888. The normalized spacial score (nSPS) is 14.0. The summed E-state index contributed by atoms with van der Waals surface area (Å²) in [6, 6.07) is 7.81. The number of amides is 1. The molecule has 3 rings (SSSR count). The Hall–Kier alpha value is -2.40. The van der Waals surface area contributed by atoms with Gasteiger partial charge in [-0.15, -0.1) is 0 Å². The summed E-state index contributed by atoms with van der Waals surface area (Å²) in [5.74, 6) is 0.762. The van der Waals surface area contributed by atoms with E-state index in [2.05, 4.69) is 16.4 Å². The number of nitrogens with one attached hydrogen (secondary N) is 1. The first-order valence-corrected chi connectivity index (χ1v) is 7.80. The molecule has 2 N–H and O–H groups in total. The molecule has 0 aliphatic carbocycles. The minimum absolute atomic E-state index is 0.0525. The van der Waals surface area contributed by atoms with Gasteiger partial charge in [0.2, 0.25) is 0 Å². The lowest BCUT2D eigenvalue weighted by atomic mass is 10.0. The maximum Gasteiger partial charge on any atom is 0.253 e. The zero-order valence-corrected chi connectivity index (χ0v) is 13.1. The van der Waals surface area contributed by atoms with Crippen LogP contribution in [0.25, 0.3) is 11.1 Å². The molecule has 0 bridgehead atoms. The Balaban J connectivity index is 1.81. The first-order chi connectivity index (χ1) is 11.2. The molecular formula is C18H20N2O3. The largest absolute Gasteiger partial charge is 0.493 e. The van der Waals surface area contributed by atoms with E-state index in [9.17, 15) is 4.79 Å². The number of nitrogens with zero attached hydrogens (tertiary/aromatic N) is 1. The predicted molar refractivity (Wildman–Crippen MR) is 87.5 cm³/mol. The summed E-state index contributed by atoms with van der Waals surface area (Å²) in [6.07, 6.45) is 4.76. The third kappa shape index (κ3) is 3.51. The summed E-state index contributed by atoms with van der Waals surface area (Å²) < 4.78 is 5.52. The van der Waals surface area contributed by atoms with Gasteiger partial charge in [0, 0.05) is 37.0 Å². The summed E-state index contributed by atoms with van der Waals surface area (Å²) in [4.78, 5) is 16.4. The number of benzene rings is 1. The van der Waals surface area contributed by atoms with Gasteiger partial charge in [0.1, 0.15) is 5.75 Å². The molecule has 1 aromatic heterocycles. The van der Waals surface area contributed by atoms with Gasteiger partial charge in [-0.05, 0) is 42.7 Å². The van der Waals surface area contributed by atoms with Crippen molar-refractivity contribution >= 4 is 5.91 Å². The van der Waals surface area contributed by atoms with Crippen LogP contribution in [0.5, 0.6) is 5.75 Å². The second-order valence-electron chi connectivity index (χ2n) is 5.77. The Kier molecular flexibility index (Phi) is 4.57. The van der Waals surface area contributed by atoms with Crippen molar-refractivity contribution in [3.05, 3.63) is 47.8 Å². The van der Waals surface area contributed by atoms with Crippen molar-refractivity contribution < 1.29 is 14.6 Å². The van der Waals surface area contributed by atoms with Gasteiger partial charge in [-0.2, -0.15) is 0 Å². The summed E-state index contributed by atoms with van der Waals surface area (Å²) in [7, 11) is 0. The predicted octanol–water partition coefficient (Wildman–Crippen LogP) is 2.18. The molecular weight excluding hydrogens is 292 g/mol. The first kappa shape index (κ1) is 15.5. The number of carbonyl (C=O) groups is 1. The number of fused-ring (bicyclic) bond motifs is 1. The van der Waals surface area contributed by atoms with Crippen molar-refractivity contribution in [3.8, 4) is 16.9 Å². The Labute approximate surface area is 135 Å². The lowest BCUT2D eigenvalue weighted by Gasteiger charge is -2.13. The fourth-order valence-corrected chi connectivity index (χ4v) is 2.66. The minimum atomic E-state index is -0.176. The zero-order chi connectivity index (χ0) is 16.2. The van der Waals surface area contributed by atoms with Crippen LogP contribution in [0.2, 0.25) is 0 Å². The molecule has 2 heterocycles. The Morgan fingerprint density at radius 3 is 3.04 bits per heavy atom. The first-order valence-electron chi connectivity index (χ1n) is 7.80. The number of carbonyl (C=O) groups excluding carboxylic acids is 1. The molecule has 120 valence electrons. The highest BCUT2D eigenvalue weighted by molar-refractivity contribution is 5.95. The van der Waals surface area contributed by atoms with E-state index >= 15 is 0 Å². The number of hydrogen-bond donors (Lipinski definition) is 2. The van der Waals surface area contributed by atoms with E-state index in [1.807, 2.05) is 25.1 Å². The fourth-order valence-electron chi connectivity index (χ4n) is 2.66. The molecule has 1 aliphatic heterocycles. The molecule has 1 aliphatic rings. The van der Waals surface area contributed by atoms with Crippen molar-refractivity contribution in [2.24, 2.45) is 0 Å². The number of aromatic nitrogens is 1. The van der Waals surface area contributed by atoms with Crippen LogP contribution in [0.3, 0.4) is 0 Å². The van der Waals surface area contributed by atoms with Gasteiger partial charge in [-0.3, -0.25) is 9.78 Å². The van der Waals surface area contributed by atoms with Gasteiger partial charge >= 0.3 is 0 Å². The van der Waals surface area contributed by atoms with E-state index in [1.165, 1.54) is 5.56 Å². The van der Waals surface area contributed by atoms with Crippen molar-refractivity contribution in [2.75, 3.05) is 13.2 Å². The Bertz CT molecular complexity index is 715. The van der Waals surface area contributed by atoms with Gasteiger partial charge in [-0.25, -0.2) is 0 Å². The van der Waals surface area contributed by atoms with Gasteiger partial charge in [0.25, 0.3) is 5.91 Å². The van der Waals surface area contributed by atoms with Crippen LogP contribution >= 0.6 is 0 Å². The van der Waals surface area contributed by atoms with Gasteiger partial charge in [0.15, 0.2) is 0 Å². The zero-order valence-electron chi connectivity index (χ0n) is 13.1. The van der Waals surface area contributed by atoms with Gasteiger partial charge in [0.05, 0.1) is 12.2 Å². The highest BCUT2D eigenvalue weighted by Gasteiger charge is 2.14. The summed E-state index contributed by atoms with van der Waals surface area (Å²) in [5, 5.41) is 11.8. The van der Waals surface area contributed by atoms with Crippen LogP contribution in [0, 0.1) is 0 Å². The Morgan fingerprint density at radius 1 is 1.35 bits per heavy atom. The highest BCUT2D eigenvalue weighted by Crippen LogP contribution is 2.30. The fraction of sp³-hybridized carbons (Fsp3) is 0.333. The molecule has 1 amide bonds. The van der Waals surface area contributed by atoms with E-state index in [4.69, 9.17) is 9.84 Å². The van der Waals surface area contributed by atoms with Crippen LogP contribution in [0.1, 0.15) is 29.3 Å². The molecule has 1 aromatic carbocycles. The number of pyridine rings is 1. The molecule has 0 saturated heterocycles. The Morgan fingerprint density at radius 2 is 2.22 bits per heavy atom. The molecule has 2 aromatic rings. The maximum atomic E-state index is 12.2. The van der Waals surface area contributed by atoms with Crippen LogP contribution in [0.4, 0.5) is 0 Å². The van der Waals surface area contributed by atoms with Crippen LogP contribution in [-0.4, -0.2) is 35.3 Å². The molecule has 5 nitrogen and oxygen atoms in total. The average Bonchev–Trinajstić information content (AvgIpc) is 3.02. The number of aliphatic hydroxyl groups excluding tert-OH is 1. The summed E-state index contributed by atoms with van der Waals surface area (Å²) >= 11 is 0. The van der Waals surface area contributed by atoms with Crippen molar-refractivity contribution in [2.45, 2.75) is 25.8 Å². The summed E-state index contributed by atoms with van der Waals surface area (Å²) in [6.45, 7) is 2.64. The number of hydrogen-bond acceptors (Lipinski definition) is 4. The lowest BCUT2D eigenvalue weighted by Crippen LogP contribution is -2.33. The molecule has 0 fully saturated rings. The standard InChI is InChI=1S/C18H20N2O3/c1-12(4-6-21)20-18(22)16-9-15(10-19-11-16)13-2-3-17-14(8-13)5-7-23-17/h2-3,8-12,21H,4-7H2,1H3,(H,20,22)/t12-/m1/s1. The van der Waals surface area contributed by atoms with Crippen molar-refractivity contribution in [3.63, 3.8) is 0 Å². The minimum Gasteiger partial charge on any atom is -0.493 e. The van der Waals surface area contributed by atoms with Crippen LogP contribution in [-0.2, 0) is 6.42 Å². The van der Waals surface area contributed by atoms with E-state index in [-0.39, 0.29) is 18.6 Å². The van der Waals surface area contributed by atoms with Gasteiger partial charge in [-0.1, -0.05) is 6.07 Å². The second kappa shape index (κ2) is 6.79. The third-order valence-corrected chi connectivity index (χ3v) is 3.96. The van der Waals surface area contributed by atoms with E-state index < -0.39 is 0 Å². The van der Waals surface area contributed by atoms with E-state index in [0.29, 0.717) is 12.0 Å². The smallest absolute Gasteiger partial charge is 0.253 e. The molecule has 0 unspecified atom stereocenters. The highest BCUT2D eigenvalue weighted by atomic mass is 16.5. The van der Waals surface area contributed by atoms with Crippen LogP contribution in [0.15, 0.2) is 36.7 Å². The molecule has 0 saturated carbocycles. The topological polar surface area (TPSA) is 71.5 Å². The third-order valence-electron chi connectivity index (χ3n) is 3.96. The lowest BCUT2D eigenvalue weighted by molar-refractivity contribution is 0.0934. The SMILES string of the molecule is C[C@H](CCO)NC(=O)c1cncc(-c2ccc3c(c2)CCO3)c1. The maximum absolute atomic E-state index is 12.2. The van der Waals surface area contributed by atoms with Crippen LogP contribution < -0.4 is 10.1 Å². The second-order valence-corrected chi connectivity index (χ2v) is 5.77. The van der Waals surface area contributed by atoms with E-state index in [0.717, 1.165) is 29.9 Å². The molecule has 23 heavy (non-hydrogen) atoms. The number of ether oxygens (including phenoxy) is 1. The van der Waals surface area contributed by atoms with Crippen molar-refractivity contribution in [1.82, 2.24) is 10.3 Å². The monoisotopic (exact) mass is 312 g/mol. The molecule has 0 radical (unpaired) electrons. The van der Waals surface area contributed by atoms with Gasteiger partial charge < -0.3 is 15.2 Å². The number of rotatable bonds is 5.